The number of benzene rings is 1. The Bertz CT molecular complexity index is 925. The van der Waals surface area contributed by atoms with Crippen LogP contribution in [0.1, 0.15) is 30.4 Å². The molecule has 3 heterocycles. The van der Waals surface area contributed by atoms with Crippen LogP contribution in [-0.2, 0) is 23.0 Å². The minimum atomic E-state index is -3.28. The molecule has 1 saturated heterocycles. The van der Waals surface area contributed by atoms with E-state index < -0.39 is 10.0 Å². The number of sulfonamides is 1. The zero-order valence-electron chi connectivity index (χ0n) is 15.6. The normalized spacial score (nSPS) is 17.5. The highest BCUT2D eigenvalue weighted by atomic mass is 32.2. The highest BCUT2D eigenvalue weighted by Gasteiger charge is 2.22. The summed E-state index contributed by atoms with van der Waals surface area (Å²) >= 11 is 0. The van der Waals surface area contributed by atoms with E-state index in [0.29, 0.717) is 12.2 Å². The van der Waals surface area contributed by atoms with E-state index >= 15 is 0 Å². The number of rotatable bonds is 4. The Morgan fingerprint density at radius 1 is 1.00 bits per heavy atom. The fraction of sp³-hybridized carbons (Fsp3) is 0.474. The van der Waals surface area contributed by atoms with Crippen molar-refractivity contribution in [3.63, 3.8) is 0 Å². The van der Waals surface area contributed by atoms with E-state index in [1.54, 1.807) is 6.33 Å². The van der Waals surface area contributed by atoms with Crippen LogP contribution in [0.25, 0.3) is 0 Å². The van der Waals surface area contributed by atoms with Crippen LogP contribution in [0.2, 0.25) is 0 Å². The molecule has 1 N–H and O–H groups in total. The first-order valence-electron chi connectivity index (χ1n) is 9.40. The summed E-state index contributed by atoms with van der Waals surface area (Å²) in [5, 5.41) is 0. The van der Waals surface area contributed by atoms with Gasteiger partial charge in [-0.1, -0.05) is 12.1 Å². The molecule has 2 aromatic rings. The molecule has 0 spiro atoms. The van der Waals surface area contributed by atoms with Gasteiger partial charge in [-0.2, -0.15) is 0 Å². The highest BCUT2D eigenvalue weighted by Crippen LogP contribution is 2.30. The lowest BCUT2D eigenvalue weighted by atomic mass is 9.98. The first-order chi connectivity index (χ1) is 13.0. The summed E-state index contributed by atoms with van der Waals surface area (Å²) < 4.78 is 25.9. The SMILES string of the molecule is CS(=O)(=O)Nc1cccc2c1CCN(c1cc(N3CCCCC3)ncn1)C2. The lowest BCUT2D eigenvalue weighted by Crippen LogP contribution is -2.33. The second-order valence-electron chi connectivity index (χ2n) is 7.27. The summed E-state index contributed by atoms with van der Waals surface area (Å²) in [4.78, 5) is 13.5. The molecule has 1 aromatic carbocycles. The molecule has 2 aliphatic heterocycles. The molecular weight excluding hydrogens is 362 g/mol. The zero-order valence-corrected chi connectivity index (χ0v) is 16.4. The molecule has 1 aromatic heterocycles. The van der Waals surface area contributed by atoms with Crippen LogP contribution in [-0.4, -0.2) is 44.3 Å². The zero-order chi connectivity index (χ0) is 18.9. The number of aromatic nitrogens is 2. The molecule has 0 unspecified atom stereocenters. The standard InChI is InChI=1S/C19H25N5O2S/c1-27(25,26)22-17-7-5-6-15-13-24(11-8-16(15)17)19-12-18(20-14-21-19)23-9-3-2-4-10-23/h5-7,12,14,22H,2-4,8-11,13H2,1H3. The Morgan fingerprint density at radius 3 is 2.48 bits per heavy atom. The molecule has 0 bridgehead atoms. The first-order valence-corrected chi connectivity index (χ1v) is 11.3. The van der Waals surface area contributed by atoms with Crippen LogP contribution in [0.3, 0.4) is 0 Å². The molecule has 27 heavy (non-hydrogen) atoms. The Kier molecular flexibility index (Phi) is 4.90. The van der Waals surface area contributed by atoms with E-state index in [0.717, 1.165) is 48.8 Å². The summed E-state index contributed by atoms with van der Waals surface area (Å²) in [5.41, 5.74) is 2.89. The van der Waals surface area contributed by atoms with Crippen molar-refractivity contribution in [2.24, 2.45) is 0 Å². The van der Waals surface area contributed by atoms with Crippen molar-refractivity contribution in [1.29, 1.82) is 0 Å². The number of fused-ring (bicyclic) bond motifs is 1. The fourth-order valence-electron chi connectivity index (χ4n) is 3.91. The van der Waals surface area contributed by atoms with E-state index in [2.05, 4.69) is 36.6 Å². The van der Waals surface area contributed by atoms with Gasteiger partial charge >= 0.3 is 0 Å². The Morgan fingerprint density at radius 2 is 1.74 bits per heavy atom. The second-order valence-corrected chi connectivity index (χ2v) is 9.02. The van der Waals surface area contributed by atoms with Crippen LogP contribution < -0.4 is 14.5 Å². The maximum Gasteiger partial charge on any atom is 0.229 e. The van der Waals surface area contributed by atoms with Gasteiger partial charge < -0.3 is 9.80 Å². The quantitative estimate of drug-likeness (QED) is 0.868. The number of hydrogen-bond donors (Lipinski definition) is 1. The van der Waals surface area contributed by atoms with Gasteiger partial charge in [0.25, 0.3) is 0 Å². The van der Waals surface area contributed by atoms with Gasteiger partial charge in [-0.3, -0.25) is 4.72 Å². The van der Waals surface area contributed by atoms with Crippen LogP contribution in [0.15, 0.2) is 30.6 Å². The second kappa shape index (κ2) is 7.34. The van der Waals surface area contributed by atoms with E-state index in [1.165, 1.54) is 25.5 Å². The largest absolute Gasteiger partial charge is 0.356 e. The van der Waals surface area contributed by atoms with Crippen LogP contribution in [0, 0.1) is 0 Å². The molecule has 0 amide bonds. The molecule has 7 nitrogen and oxygen atoms in total. The van der Waals surface area contributed by atoms with Crippen molar-refractivity contribution < 1.29 is 8.42 Å². The summed E-state index contributed by atoms with van der Waals surface area (Å²) in [6, 6.07) is 7.86. The maximum absolute atomic E-state index is 11.6. The summed E-state index contributed by atoms with van der Waals surface area (Å²) in [6.45, 7) is 3.62. The van der Waals surface area contributed by atoms with Crippen molar-refractivity contribution in [2.45, 2.75) is 32.2 Å². The van der Waals surface area contributed by atoms with Gasteiger partial charge in [0.2, 0.25) is 10.0 Å². The number of hydrogen-bond acceptors (Lipinski definition) is 6. The molecule has 4 rings (SSSR count). The van der Waals surface area contributed by atoms with Gasteiger partial charge in [0.1, 0.15) is 18.0 Å². The fourth-order valence-corrected chi connectivity index (χ4v) is 4.50. The topological polar surface area (TPSA) is 78.4 Å². The van der Waals surface area contributed by atoms with Gasteiger partial charge in [0.05, 0.1) is 11.9 Å². The summed E-state index contributed by atoms with van der Waals surface area (Å²) in [7, 11) is -3.28. The van der Waals surface area contributed by atoms with Gasteiger partial charge in [0.15, 0.2) is 0 Å². The highest BCUT2D eigenvalue weighted by molar-refractivity contribution is 7.92. The van der Waals surface area contributed by atoms with Crippen molar-refractivity contribution in [3.8, 4) is 0 Å². The lowest BCUT2D eigenvalue weighted by molar-refractivity contribution is 0.572. The third-order valence-electron chi connectivity index (χ3n) is 5.20. The number of piperidine rings is 1. The average molecular weight is 388 g/mol. The smallest absolute Gasteiger partial charge is 0.229 e. The molecule has 0 radical (unpaired) electrons. The maximum atomic E-state index is 11.6. The monoisotopic (exact) mass is 387 g/mol. The summed E-state index contributed by atoms with van der Waals surface area (Å²) in [6.07, 6.45) is 7.33. The third-order valence-corrected chi connectivity index (χ3v) is 5.79. The van der Waals surface area contributed by atoms with Crippen molar-refractivity contribution >= 4 is 27.3 Å². The minimum Gasteiger partial charge on any atom is -0.356 e. The first kappa shape index (κ1) is 18.0. The molecule has 0 atom stereocenters. The van der Waals surface area contributed by atoms with E-state index in [1.807, 2.05) is 12.1 Å². The van der Waals surface area contributed by atoms with Crippen molar-refractivity contribution in [1.82, 2.24) is 9.97 Å². The molecule has 144 valence electrons. The van der Waals surface area contributed by atoms with E-state index in [-0.39, 0.29) is 0 Å². The predicted molar refractivity (Wildman–Crippen MR) is 108 cm³/mol. The average Bonchev–Trinajstić information content (AvgIpc) is 2.67. The Balaban J connectivity index is 1.56. The van der Waals surface area contributed by atoms with Crippen molar-refractivity contribution in [2.75, 3.05) is 40.4 Å². The van der Waals surface area contributed by atoms with Crippen LogP contribution in [0.5, 0.6) is 0 Å². The number of nitrogens with zero attached hydrogens (tertiary/aromatic N) is 4. The van der Waals surface area contributed by atoms with Gasteiger partial charge in [0, 0.05) is 32.2 Å². The van der Waals surface area contributed by atoms with E-state index in [4.69, 9.17) is 0 Å². The third kappa shape index (κ3) is 4.16. The van der Waals surface area contributed by atoms with Gasteiger partial charge in [-0.15, -0.1) is 0 Å². The molecule has 0 saturated carbocycles. The molecule has 8 heteroatoms. The van der Waals surface area contributed by atoms with Crippen molar-refractivity contribution in [3.05, 3.63) is 41.7 Å². The van der Waals surface area contributed by atoms with Gasteiger partial charge in [-0.05, 0) is 42.9 Å². The summed E-state index contributed by atoms with van der Waals surface area (Å²) in [5.74, 6) is 1.93. The number of anilines is 3. The predicted octanol–water partition coefficient (Wildman–Crippen LogP) is 2.40. The molecule has 0 aliphatic carbocycles. The molecule has 1 fully saturated rings. The van der Waals surface area contributed by atoms with E-state index in [9.17, 15) is 8.42 Å². The molecular formula is C19H25N5O2S. The van der Waals surface area contributed by atoms with Gasteiger partial charge in [-0.25, -0.2) is 18.4 Å². The number of nitrogens with one attached hydrogen (secondary N) is 1. The minimum absolute atomic E-state index is 0.686. The van der Waals surface area contributed by atoms with Crippen LogP contribution >= 0.6 is 0 Å². The molecule has 2 aliphatic rings. The Labute approximate surface area is 160 Å². The Hall–Kier alpha value is -2.35. The lowest BCUT2D eigenvalue weighted by Gasteiger charge is -2.32. The van der Waals surface area contributed by atoms with Crippen LogP contribution in [0.4, 0.5) is 17.3 Å².